The Morgan fingerprint density at radius 2 is 1.56 bits per heavy atom. The molecule has 0 aliphatic carbocycles. The number of hydrogen-bond donors (Lipinski definition) is 3. The molecule has 0 spiro atoms. The van der Waals surface area contributed by atoms with E-state index < -0.39 is 17.9 Å². The molecule has 0 fully saturated rings. The second kappa shape index (κ2) is 12.5. The van der Waals surface area contributed by atoms with E-state index in [1.165, 1.54) is 6.07 Å². The van der Waals surface area contributed by atoms with E-state index in [0.29, 0.717) is 23.5 Å². The van der Waals surface area contributed by atoms with Gasteiger partial charge in [0, 0.05) is 41.7 Å². The molecule has 1 aliphatic rings. The Balaban J connectivity index is 0.000000771. The Hall–Kier alpha value is -3.66. The van der Waals surface area contributed by atoms with E-state index in [2.05, 4.69) is 39.6 Å². The van der Waals surface area contributed by atoms with Crippen molar-refractivity contribution in [2.75, 3.05) is 24.2 Å². The maximum atomic E-state index is 13.3. The molecule has 39 heavy (non-hydrogen) atoms. The van der Waals surface area contributed by atoms with E-state index in [0.717, 1.165) is 35.4 Å². The molecule has 1 heterocycles. The highest BCUT2D eigenvalue weighted by atomic mass is 19.4. The first-order chi connectivity index (χ1) is 18.3. The van der Waals surface area contributed by atoms with Gasteiger partial charge in [-0.2, -0.15) is 26.3 Å². The molecule has 4 nitrogen and oxygen atoms in total. The summed E-state index contributed by atoms with van der Waals surface area (Å²) in [5.41, 5.74) is 4.03. The SMILES string of the molecule is C=C(NC1c2ccccc2NC(c2ccccc2)N1C)c1ccc(C(F)(F)F)cc1NCCC.CC(F)(F)F. The number of alkyl halides is 6. The number of nitrogens with zero attached hydrogens (tertiary/aromatic N) is 1. The summed E-state index contributed by atoms with van der Waals surface area (Å²) in [7, 11) is 2.01. The van der Waals surface area contributed by atoms with Crippen molar-refractivity contribution in [1.82, 2.24) is 10.2 Å². The summed E-state index contributed by atoms with van der Waals surface area (Å²) in [5.74, 6) is 0. The summed E-state index contributed by atoms with van der Waals surface area (Å²) in [5, 5.41) is 10.2. The highest BCUT2D eigenvalue weighted by Crippen LogP contribution is 2.40. The molecule has 0 bridgehead atoms. The van der Waals surface area contributed by atoms with Gasteiger partial charge >= 0.3 is 12.4 Å². The molecule has 1 aliphatic heterocycles. The summed E-state index contributed by atoms with van der Waals surface area (Å²) in [6.07, 6.45) is -7.95. The Morgan fingerprint density at radius 1 is 0.949 bits per heavy atom. The van der Waals surface area contributed by atoms with Crippen LogP contribution in [-0.4, -0.2) is 24.7 Å². The maximum absolute atomic E-state index is 13.3. The monoisotopic (exact) mass is 550 g/mol. The van der Waals surface area contributed by atoms with Gasteiger partial charge in [0.25, 0.3) is 0 Å². The van der Waals surface area contributed by atoms with E-state index in [1.807, 2.05) is 56.4 Å². The first-order valence-electron chi connectivity index (χ1n) is 12.4. The highest BCUT2D eigenvalue weighted by Gasteiger charge is 2.34. The van der Waals surface area contributed by atoms with Crippen molar-refractivity contribution < 1.29 is 26.3 Å². The fourth-order valence-electron chi connectivity index (χ4n) is 4.25. The lowest BCUT2D eigenvalue weighted by Crippen LogP contribution is -2.44. The molecule has 2 unspecified atom stereocenters. The smallest absolute Gasteiger partial charge is 0.384 e. The molecule has 0 amide bonds. The van der Waals surface area contributed by atoms with E-state index in [9.17, 15) is 26.3 Å². The standard InChI is InChI=1S/C27H29F3N4.C2H3F3/c1-4-16-31-24-17-20(27(28,29)30)14-15-21(24)18(2)32-26-22-12-8-9-13-23(22)33-25(34(26)3)19-10-6-5-7-11-19;1-2(3,4)5/h5-15,17,25-26,31-33H,2,4,16H2,1,3H3;1H3. The third kappa shape index (κ3) is 8.16. The largest absolute Gasteiger partial charge is 0.416 e. The van der Waals surface area contributed by atoms with Gasteiger partial charge in [0.15, 0.2) is 0 Å². The Morgan fingerprint density at radius 3 is 2.18 bits per heavy atom. The quantitative estimate of drug-likeness (QED) is 0.258. The number of benzene rings is 3. The van der Waals surface area contributed by atoms with Gasteiger partial charge in [-0.05, 0) is 37.2 Å². The van der Waals surface area contributed by atoms with Crippen LogP contribution in [0.15, 0.2) is 79.4 Å². The van der Waals surface area contributed by atoms with Crippen LogP contribution in [0, 0.1) is 0 Å². The van der Waals surface area contributed by atoms with Crippen molar-refractivity contribution in [2.45, 2.75) is 45.0 Å². The zero-order chi connectivity index (χ0) is 28.8. The summed E-state index contributed by atoms with van der Waals surface area (Å²) < 4.78 is 71.1. The van der Waals surface area contributed by atoms with E-state index in [4.69, 9.17) is 0 Å². The zero-order valence-electron chi connectivity index (χ0n) is 21.9. The van der Waals surface area contributed by atoms with Gasteiger partial charge in [-0.25, -0.2) is 0 Å². The summed E-state index contributed by atoms with van der Waals surface area (Å²) in [4.78, 5) is 2.16. The Labute approximate surface area is 224 Å². The van der Waals surface area contributed by atoms with Gasteiger partial charge in [0.2, 0.25) is 0 Å². The number of halogens is 6. The van der Waals surface area contributed by atoms with Crippen LogP contribution >= 0.6 is 0 Å². The highest BCUT2D eigenvalue weighted by molar-refractivity contribution is 5.75. The molecule has 4 rings (SSSR count). The van der Waals surface area contributed by atoms with Crippen molar-refractivity contribution in [3.8, 4) is 0 Å². The van der Waals surface area contributed by atoms with Crippen LogP contribution in [0.2, 0.25) is 0 Å². The second-order valence-electron chi connectivity index (χ2n) is 9.20. The number of hydrogen-bond acceptors (Lipinski definition) is 4. The molecule has 3 aromatic carbocycles. The molecule has 0 saturated heterocycles. The molecule has 0 saturated carbocycles. The molecule has 2 atom stereocenters. The first-order valence-corrected chi connectivity index (χ1v) is 12.4. The van der Waals surface area contributed by atoms with Gasteiger partial charge in [-0.15, -0.1) is 0 Å². The number of nitrogens with one attached hydrogen (secondary N) is 3. The fourth-order valence-corrected chi connectivity index (χ4v) is 4.25. The molecular weight excluding hydrogens is 518 g/mol. The lowest BCUT2D eigenvalue weighted by atomic mass is 10.0. The first kappa shape index (κ1) is 29.9. The zero-order valence-corrected chi connectivity index (χ0v) is 21.9. The lowest BCUT2D eigenvalue weighted by molar-refractivity contribution is -0.137. The van der Waals surface area contributed by atoms with Crippen LogP contribution in [0.5, 0.6) is 0 Å². The summed E-state index contributed by atoms with van der Waals surface area (Å²) >= 11 is 0. The molecule has 10 heteroatoms. The minimum Gasteiger partial charge on any atom is -0.384 e. The molecule has 210 valence electrons. The Bertz CT molecular complexity index is 1230. The average Bonchev–Trinajstić information content (AvgIpc) is 2.87. The van der Waals surface area contributed by atoms with Crippen molar-refractivity contribution in [1.29, 1.82) is 0 Å². The average molecular weight is 551 g/mol. The van der Waals surface area contributed by atoms with Crippen LogP contribution < -0.4 is 16.0 Å². The van der Waals surface area contributed by atoms with Crippen molar-refractivity contribution in [2.24, 2.45) is 0 Å². The van der Waals surface area contributed by atoms with Gasteiger partial charge in [0.05, 0.1) is 5.56 Å². The van der Waals surface area contributed by atoms with E-state index in [1.54, 1.807) is 0 Å². The maximum Gasteiger partial charge on any atom is 0.416 e. The van der Waals surface area contributed by atoms with Crippen molar-refractivity contribution >= 4 is 17.1 Å². The van der Waals surface area contributed by atoms with Crippen LogP contribution in [0.4, 0.5) is 37.7 Å². The van der Waals surface area contributed by atoms with Gasteiger partial charge in [-0.1, -0.05) is 68.1 Å². The predicted octanol–water partition coefficient (Wildman–Crippen LogP) is 8.41. The number of fused-ring (bicyclic) bond motifs is 1. The summed E-state index contributed by atoms with van der Waals surface area (Å²) in [6.45, 7) is 6.93. The molecule has 3 N–H and O–H groups in total. The van der Waals surface area contributed by atoms with Crippen LogP contribution in [0.3, 0.4) is 0 Å². The van der Waals surface area contributed by atoms with Gasteiger partial charge < -0.3 is 16.0 Å². The number of para-hydroxylation sites is 1. The molecular formula is C29H32F6N4. The topological polar surface area (TPSA) is 39.3 Å². The van der Waals surface area contributed by atoms with Crippen molar-refractivity contribution in [3.05, 3.63) is 102 Å². The molecule has 0 aromatic heterocycles. The van der Waals surface area contributed by atoms with Gasteiger partial charge in [0.1, 0.15) is 12.3 Å². The van der Waals surface area contributed by atoms with E-state index in [-0.39, 0.29) is 19.3 Å². The minimum atomic E-state index is -4.41. The van der Waals surface area contributed by atoms with E-state index >= 15 is 0 Å². The number of anilines is 2. The fraction of sp³-hybridized carbons (Fsp3) is 0.310. The lowest BCUT2D eigenvalue weighted by Gasteiger charge is -2.43. The van der Waals surface area contributed by atoms with Crippen LogP contribution in [-0.2, 0) is 6.18 Å². The minimum absolute atomic E-state index is 0.0910. The number of rotatable bonds is 7. The summed E-state index contributed by atoms with van der Waals surface area (Å²) in [6, 6.07) is 21.9. The van der Waals surface area contributed by atoms with Crippen LogP contribution in [0.25, 0.3) is 5.70 Å². The Kier molecular flexibility index (Phi) is 9.55. The molecule has 0 radical (unpaired) electrons. The molecule has 3 aromatic rings. The third-order valence-corrected chi connectivity index (χ3v) is 6.03. The van der Waals surface area contributed by atoms with Crippen LogP contribution in [0.1, 0.15) is 54.9 Å². The van der Waals surface area contributed by atoms with Gasteiger partial charge in [-0.3, -0.25) is 4.90 Å². The third-order valence-electron chi connectivity index (χ3n) is 6.03. The normalized spacial score (nSPS) is 17.3. The van der Waals surface area contributed by atoms with Crippen molar-refractivity contribution in [3.63, 3.8) is 0 Å². The second-order valence-corrected chi connectivity index (χ2v) is 9.20. The predicted molar refractivity (Wildman–Crippen MR) is 144 cm³/mol.